The van der Waals surface area contributed by atoms with Crippen LogP contribution in [0.5, 0.6) is 0 Å². The van der Waals surface area contributed by atoms with Crippen LogP contribution in [0.25, 0.3) is 0 Å². The predicted octanol–water partition coefficient (Wildman–Crippen LogP) is 3.16. The SMILES string of the molecule is O=COCc1ccccc1.c1cc2c(c(C3CCNCC3)c1)CCNC2. The molecule has 2 aliphatic rings. The summed E-state index contributed by atoms with van der Waals surface area (Å²) >= 11 is 0. The van der Waals surface area contributed by atoms with E-state index in [2.05, 4.69) is 33.6 Å². The maximum Gasteiger partial charge on any atom is 0.293 e. The number of benzene rings is 2. The second-order valence-electron chi connectivity index (χ2n) is 6.83. The molecular weight excluding hydrogens is 324 g/mol. The van der Waals surface area contributed by atoms with E-state index in [1.165, 1.54) is 37.9 Å². The molecule has 1 fully saturated rings. The number of ether oxygens (including phenoxy) is 1. The summed E-state index contributed by atoms with van der Waals surface area (Å²) in [5, 5.41) is 6.91. The van der Waals surface area contributed by atoms with E-state index >= 15 is 0 Å². The Labute approximate surface area is 156 Å². The Kier molecular flexibility index (Phi) is 7.23. The summed E-state index contributed by atoms with van der Waals surface area (Å²) in [6.45, 7) is 5.40. The molecular formula is C22H28N2O2. The van der Waals surface area contributed by atoms with Crippen LogP contribution in [0.3, 0.4) is 0 Å². The standard InChI is InChI=1S/C14H20N2.C8H8O2/c1-2-12-10-16-9-6-14(12)13(3-1)11-4-7-15-8-5-11;9-7-10-6-8-4-2-1-3-5-8/h1-3,11,15-16H,4-10H2;1-5,7H,6H2. The molecule has 0 aliphatic carbocycles. The molecule has 0 aromatic heterocycles. The van der Waals surface area contributed by atoms with Crippen molar-refractivity contribution in [2.75, 3.05) is 19.6 Å². The first kappa shape index (κ1) is 18.6. The highest BCUT2D eigenvalue weighted by molar-refractivity contribution is 5.39. The number of hydrogen-bond acceptors (Lipinski definition) is 4. The van der Waals surface area contributed by atoms with Crippen LogP contribution < -0.4 is 10.6 Å². The lowest BCUT2D eigenvalue weighted by Gasteiger charge is -2.28. The fourth-order valence-corrected chi connectivity index (χ4v) is 3.78. The maximum atomic E-state index is 9.76. The van der Waals surface area contributed by atoms with Gasteiger partial charge >= 0.3 is 0 Å². The monoisotopic (exact) mass is 352 g/mol. The molecule has 1 saturated heterocycles. The number of carbonyl (C=O) groups is 1. The van der Waals surface area contributed by atoms with Crippen molar-refractivity contribution in [3.63, 3.8) is 0 Å². The summed E-state index contributed by atoms with van der Waals surface area (Å²) in [6.07, 6.45) is 3.84. The van der Waals surface area contributed by atoms with E-state index in [1.807, 2.05) is 30.3 Å². The van der Waals surface area contributed by atoms with E-state index in [1.54, 1.807) is 11.1 Å². The molecule has 2 aromatic carbocycles. The second kappa shape index (κ2) is 10.1. The van der Waals surface area contributed by atoms with Crippen LogP contribution in [-0.4, -0.2) is 26.1 Å². The molecule has 0 radical (unpaired) electrons. The van der Waals surface area contributed by atoms with E-state index in [9.17, 15) is 4.79 Å². The van der Waals surface area contributed by atoms with E-state index in [0.29, 0.717) is 13.1 Å². The molecule has 0 bridgehead atoms. The molecule has 0 atom stereocenters. The van der Waals surface area contributed by atoms with Crippen molar-refractivity contribution in [2.24, 2.45) is 0 Å². The Bertz CT molecular complexity index is 682. The van der Waals surface area contributed by atoms with Gasteiger partial charge < -0.3 is 15.4 Å². The quantitative estimate of drug-likeness (QED) is 0.830. The molecule has 4 nitrogen and oxygen atoms in total. The minimum atomic E-state index is 0.365. The molecule has 0 saturated carbocycles. The van der Waals surface area contributed by atoms with Crippen molar-refractivity contribution in [1.29, 1.82) is 0 Å². The largest absolute Gasteiger partial charge is 0.463 e. The van der Waals surface area contributed by atoms with Crippen molar-refractivity contribution >= 4 is 6.47 Å². The van der Waals surface area contributed by atoms with Gasteiger partial charge in [0.15, 0.2) is 0 Å². The summed E-state index contributed by atoms with van der Waals surface area (Å²) in [4.78, 5) is 9.76. The minimum Gasteiger partial charge on any atom is -0.463 e. The van der Waals surface area contributed by atoms with E-state index in [0.717, 1.165) is 24.6 Å². The number of rotatable bonds is 4. The average Bonchev–Trinajstić information content (AvgIpc) is 2.74. The molecule has 2 aliphatic heterocycles. The van der Waals surface area contributed by atoms with Gasteiger partial charge in [-0.05, 0) is 67.1 Å². The van der Waals surface area contributed by atoms with Crippen LogP contribution in [0.15, 0.2) is 48.5 Å². The van der Waals surface area contributed by atoms with Crippen LogP contribution in [0, 0.1) is 0 Å². The molecule has 4 rings (SSSR count). The zero-order valence-electron chi connectivity index (χ0n) is 15.2. The zero-order chi connectivity index (χ0) is 18.0. The summed E-state index contributed by atoms with van der Waals surface area (Å²) in [5.41, 5.74) is 5.82. The molecule has 0 amide bonds. The summed E-state index contributed by atoms with van der Waals surface area (Å²) in [5.74, 6) is 0.800. The first-order valence-corrected chi connectivity index (χ1v) is 9.49. The number of fused-ring (bicyclic) bond motifs is 1. The Morgan fingerprint density at radius 1 is 0.962 bits per heavy atom. The molecule has 26 heavy (non-hydrogen) atoms. The van der Waals surface area contributed by atoms with Gasteiger partial charge in [0.05, 0.1) is 0 Å². The van der Waals surface area contributed by atoms with Crippen molar-refractivity contribution in [2.45, 2.75) is 38.3 Å². The summed E-state index contributed by atoms with van der Waals surface area (Å²) < 4.78 is 4.54. The molecule has 2 N–H and O–H groups in total. The van der Waals surface area contributed by atoms with Gasteiger partial charge in [0.25, 0.3) is 6.47 Å². The van der Waals surface area contributed by atoms with Crippen LogP contribution >= 0.6 is 0 Å². The fraction of sp³-hybridized carbons (Fsp3) is 0.409. The first-order chi connectivity index (χ1) is 12.9. The Balaban J connectivity index is 0.000000170. The smallest absolute Gasteiger partial charge is 0.293 e. The summed E-state index contributed by atoms with van der Waals surface area (Å²) in [7, 11) is 0. The van der Waals surface area contributed by atoms with Crippen LogP contribution in [-0.2, 0) is 29.1 Å². The lowest BCUT2D eigenvalue weighted by Crippen LogP contribution is -2.29. The highest BCUT2D eigenvalue weighted by Gasteiger charge is 2.20. The van der Waals surface area contributed by atoms with E-state index in [-0.39, 0.29) is 0 Å². The number of piperidine rings is 1. The first-order valence-electron chi connectivity index (χ1n) is 9.49. The van der Waals surface area contributed by atoms with Crippen molar-refractivity contribution in [3.05, 3.63) is 70.8 Å². The van der Waals surface area contributed by atoms with Crippen LogP contribution in [0.4, 0.5) is 0 Å². The number of carbonyl (C=O) groups excluding carboxylic acids is 1. The van der Waals surface area contributed by atoms with Gasteiger partial charge in [0.2, 0.25) is 0 Å². The average molecular weight is 352 g/mol. The Hall–Kier alpha value is -2.17. The molecule has 0 unspecified atom stereocenters. The lowest BCUT2D eigenvalue weighted by atomic mass is 9.83. The van der Waals surface area contributed by atoms with E-state index < -0.39 is 0 Å². The van der Waals surface area contributed by atoms with Gasteiger partial charge in [0.1, 0.15) is 6.61 Å². The topological polar surface area (TPSA) is 50.4 Å². The van der Waals surface area contributed by atoms with Gasteiger partial charge in [-0.25, -0.2) is 0 Å². The van der Waals surface area contributed by atoms with Crippen molar-refractivity contribution in [1.82, 2.24) is 10.6 Å². The van der Waals surface area contributed by atoms with Gasteiger partial charge in [0, 0.05) is 6.54 Å². The zero-order valence-corrected chi connectivity index (χ0v) is 15.2. The van der Waals surface area contributed by atoms with E-state index in [4.69, 9.17) is 0 Å². The number of hydrogen-bond donors (Lipinski definition) is 2. The van der Waals surface area contributed by atoms with Gasteiger partial charge in [-0.1, -0.05) is 48.5 Å². The maximum absolute atomic E-state index is 9.76. The highest BCUT2D eigenvalue weighted by atomic mass is 16.5. The third-order valence-electron chi connectivity index (χ3n) is 5.12. The van der Waals surface area contributed by atoms with Gasteiger partial charge in [-0.3, -0.25) is 4.79 Å². The molecule has 138 valence electrons. The number of nitrogens with one attached hydrogen (secondary N) is 2. The van der Waals surface area contributed by atoms with Crippen molar-refractivity contribution < 1.29 is 9.53 Å². The Morgan fingerprint density at radius 3 is 2.54 bits per heavy atom. The molecule has 0 spiro atoms. The highest BCUT2D eigenvalue weighted by Crippen LogP contribution is 2.31. The lowest BCUT2D eigenvalue weighted by molar-refractivity contribution is -0.129. The Morgan fingerprint density at radius 2 is 1.77 bits per heavy atom. The van der Waals surface area contributed by atoms with Gasteiger partial charge in [-0.2, -0.15) is 0 Å². The molecule has 2 aromatic rings. The fourth-order valence-electron chi connectivity index (χ4n) is 3.78. The summed E-state index contributed by atoms with van der Waals surface area (Å²) in [6, 6.07) is 16.4. The minimum absolute atomic E-state index is 0.365. The molecule has 4 heteroatoms. The third kappa shape index (κ3) is 5.16. The molecule has 2 heterocycles. The normalized spacial score (nSPS) is 16.8. The van der Waals surface area contributed by atoms with Crippen molar-refractivity contribution in [3.8, 4) is 0 Å². The van der Waals surface area contributed by atoms with Crippen LogP contribution in [0.1, 0.15) is 41.0 Å². The predicted molar refractivity (Wildman–Crippen MR) is 104 cm³/mol. The third-order valence-corrected chi connectivity index (χ3v) is 5.12. The second-order valence-corrected chi connectivity index (χ2v) is 6.83. The van der Waals surface area contributed by atoms with Gasteiger partial charge in [-0.15, -0.1) is 0 Å². The van der Waals surface area contributed by atoms with Crippen LogP contribution in [0.2, 0.25) is 0 Å².